The molecule has 0 spiro atoms. The van der Waals surface area contributed by atoms with E-state index < -0.39 is 0 Å². The Labute approximate surface area is 125 Å². The summed E-state index contributed by atoms with van der Waals surface area (Å²) in [5.74, 6) is 0. The van der Waals surface area contributed by atoms with E-state index in [2.05, 4.69) is 77.2 Å². The molecule has 107 valence electrons. The zero-order valence-electron chi connectivity index (χ0n) is 13.5. The molecule has 0 atom stereocenters. The van der Waals surface area contributed by atoms with Gasteiger partial charge in [-0.05, 0) is 50.7 Å². The quantitative estimate of drug-likeness (QED) is 0.538. The summed E-state index contributed by atoms with van der Waals surface area (Å²) in [7, 11) is 0. The predicted molar refractivity (Wildman–Crippen MR) is 91.4 cm³/mol. The van der Waals surface area contributed by atoms with Gasteiger partial charge < -0.3 is 0 Å². The smallest absolute Gasteiger partial charge is 0.00664 e. The molecular formula is C20H27. The van der Waals surface area contributed by atoms with Crippen molar-refractivity contribution in [1.82, 2.24) is 0 Å². The average Bonchev–Trinajstić information content (AvgIpc) is 2.37. The fourth-order valence-electron chi connectivity index (χ4n) is 2.31. The van der Waals surface area contributed by atoms with E-state index in [4.69, 9.17) is 0 Å². The summed E-state index contributed by atoms with van der Waals surface area (Å²) in [6.07, 6.45) is 18.2. The number of allylic oxidation sites excluding steroid dienone is 12. The lowest BCUT2D eigenvalue weighted by molar-refractivity contribution is 0.456. The third-order valence-electron chi connectivity index (χ3n) is 3.70. The van der Waals surface area contributed by atoms with E-state index in [1.165, 1.54) is 22.3 Å². The molecule has 0 N–H and O–H groups in total. The van der Waals surface area contributed by atoms with Crippen molar-refractivity contribution in [2.24, 2.45) is 5.41 Å². The van der Waals surface area contributed by atoms with Crippen molar-refractivity contribution in [3.63, 3.8) is 0 Å². The first-order valence-corrected chi connectivity index (χ1v) is 7.24. The summed E-state index contributed by atoms with van der Waals surface area (Å²) >= 11 is 0. The zero-order valence-corrected chi connectivity index (χ0v) is 13.5. The Balaban J connectivity index is 2.84. The van der Waals surface area contributed by atoms with E-state index in [9.17, 15) is 0 Å². The van der Waals surface area contributed by atoms with Crippen LogP contribution in [0.1, 0.15) is 41.0 Å². The Kier molecular flexibility index (Phi) is 6.01. The van der Waals surface area contributed by atoms with Gasteiger partial charge in [0.1, 0.15) is 0 Å². The van der Waals surface area contributed by atoms with E-state index in [1.54, 1.807) is 0 Å². The van der Waals surface area contributed by atoms with E-state index >= 15 is 0 Å². The van der Waals surface area contributed by atoms with Gasteiger partial charge in [0.05, 0.1) is 0 Å². The minimum atomic E-state index is 0.235. The molecule has 0 aromatic rings. The second-order valence-electron chi connectivity index (χ2n) is 6.14. The van der Waals surface area contributed by atoms with Crippen molar-refractivity contribution >= 4 is 0 Å². The summed E-state index contributed by atoms with van der Waals surface area (Å²) in [6, 6.07) is 0. The first-order chi connectivity index (χ1) is 9.36. The lowest BCUT2D eigenvalue weighted by Gasteiger charge is -2.29. The minimum Gasteiger partial charge on any atom is -0.0834 e. The molecule has 0 aliphatic heterocycles. The lowest BCUT2D eigenvalue weighted by atomic mass is 9.75. The Morgan fingerprint density at radius 1 is 1.20 bits per heavy atom. The maximum Gasteiger partial charge on any atom is -0.00664 e. The molecule has 0 fully saturated rings. The fourth-order valence-corrected chi connectivity index (χ4v) is 2.31. The molecule has 0 nitrogen and oxygen atoms in total. The van der Waals surface area contributed by atoms with Crippen LogP contribution in [0.3, 0.4) is 0 Å². The largest absolute Gasteiger partial charge is 0.0834 e. The molecule has 1 aliphatic carbocycles. The van der Waals surface area contributed by atoms with Crippen LogP contribution in [0.5, 0.6) is 0 Å². The molecule has 0 saturated heterocycles. The van der Waals surface area contributed by atoms with Gasteiger partial charge in [-0.2, -0.15) is 0 Å². The van der Waals surface area contributed by atoms with Gasteiger partial charge in [0, 0.05) is 0 Å². The molecule has 0 aromatic carbocycles. The van der Waals surface area contributed by atoms with Gasteiger partial charge in [0.2, 0.25) is 0 Å². The van der Waals surface area contributed by atoms with E-state index in [-0.39, 0.29) is 5.41 Å². The van der Waals surface area contributed by atoms with Crippen LogP contribution in [0.25, 0.3) is 0 Å². The van der Waals surface area contributed by atoms with Gasteiger partial charge in [-0.15, -0.1) is 0 Å². The summed E-state index contributed by atoms with van der Waals surface area (Å²) in [5.41, 5.74) is 5.47. The maximum absolute atomic E-state index is 3.74. The van der Waals surface area contributed by atoms with Gasteiger partial charge >= 0.3 is 0 Å². The van der Waals surface area contributed by atoms with Crippen LogP contribution >= 0.6 is 0 Å². The van der Waals surface area contributed by atoms with Crippen molar-refractivity contribution in [3.05, 3.63) is 77.8 Å². The van der Waals surface area contributed by atoms with Crippen molar-refractivity contribution in [3.8, 4) is 0 Å². The predicted octanol–water partition coefficient (Wildman–Crippen LogP) is 6.13. The Hall–Kier alpha value is -1.56. The van der Waals surface area contributed by atoms with Gasteiger partial charge in [-0.3, -0.25) is 0 Å². The van der Waals surface area contributed by atoms with Crippen LogP contribution in [-0.2, 0) is 0 Å². The van der Waals surface area contributed by atoms with Crippen LogP contribution in [0.2, 0.25) is 0 Å². The summed E-state index contributed by atoms with van der Waals surface area (Å²) < 4.78 is 0. The minimum absolute atomic E-state index is 0.235. The standard InChI is InChI=1S/C20H27/c1-7-16(2)10-8-11-17(3)13-14-19-18(4)12-9-15-20(19,5)6/h7-14H,1,15H2,2-6H3. The van der Waals surface area contributed by atoms with Crippen molar-refractivity contribution < 1.29 is 0 Å². The topological polar surface area (TPSA) is 0 Å². The number of hydrogen-bond acceptors (Lipinski definition) is 0. The SMILES string of the molecule is [CH2]C=C(C)C=CC=C(C)C=CC1=C(C)C=CCC1(C)C. The van der Waals surface area contributed by atoms with Crippen LogP contribution in [-0.4, -0.2) is 0 Å². The second-order valence-corrected chi connectivity index (χ2v) is 6.14. The van der Waals surface area contributed by atoms with Crippen molar-refractivity contribution in [2.75, 3.05) is 0 Å². The second kappa shape index (κ2) is 7.28. The molecule has 1 radical (unpaired) electrons. The Bertz CT molecular complexity index is 514. The van der Waals surface area contributed by atoms with E-state index in [1.807, 2.05) is 13.0 Å². The van der Waals surface area contributed by atoms with E-state index in [0.29, 0.717) is 0 Å². The molecule has 1 rings (SSSR count). The van der Waals surface area contributed by atoms with Gasteiger partial charge in [-0.1, -0.05) is 73.6 Å². The fraction of sp³-hybridized carbons (Fsp3) is 0.350. The zero-order chi connectivity index (χ0) is 15.2. The molecule has 0 aromatic heterocycles. The highest BCUT2D eigenvalue weighted by atomic mass is 14.3. The highest BCUT2D eigenvalue weighted by Gasteiger charge is 2.23. The van der Waals surface area contributed by atoms with Gasteiger partial charge in [-0.25, -0.2) is 0 Å². The first kappa shape index (κ1) is 16.5. The third-order valence-corrected chi connectivity index (χ3v) is 3.70. The average molecular weight is 267 g/mol. The number of hydrogen-bond donors (Lipinski definition) is 0. The molecular weight excluding hydrogens is 240 g/mol. The van der Waals surface area contributed by atoms with E-state index in [0.717, 1.165) is 6.42 Å². The first-order valence-electron chi connectivity index (χ1n) is 7.24. The molecule has 0 bridgehead atoms. The lowest BCUT2D eigenvalue weighted by Crippen LogP contribution is -2.16. The summed E-state index contributed by atoms with van der Waals surface area (Å²) in [6.45, 7) is 14.7. The summed E-state index contributed by atoms with van der Waals surface area (Å²) in [5, 5.41) is 0. The van der Waals surface area contributed by atoms with Crippen molar-refractivity contribution in [2.45, 2.75) is 41.0 Å². The van der Waals surface area contributed by atoms with Crippen molar-refractivity contribution in [1.29, 1.82) is 0 Å². The molecule has 1 aliphatic rings. The normalized spacial score (nSPS) is 20.5. The highest BCUT2D eigenvalue weighted by Crippen LogP contribution is 2.37. The van der Waals surface area contributed by atoms with Crippen LogP contribution in [0.15, 0.2) is 70.9 Å². The molecule has 0 saturated carbocycles. The maximum atomic E-state index is 3.74. The third kappa shape index (κ3) is 4.85. The summed E-state index contributed by atoms with van der Waals surface area (Å²) in [4.78, 5) is 0. The van der Waals surface area contributed by atoms with Gasteiger partial charge in [0.25, 0.3) is 0 Å². The van der Waals surface area contributed by atoms with Crippen LogP contribution in [0.4, 0.5) is 0 Å². The van der Waals surface area contributed by atoms with Crippen LogP contribution < -0.4 is 0 Å². The molecule has 0 heterocycles. The van der Waals surface area contributed by atoms with Crippen LogP contribution in [0, 0.1) is 12.3 Å². The monoisotopic (exact) mass is 267 g/mol. The molecule has 0 unspecified atom stereocenters. The molecule has 20 heavy (non-hydrogen) atoms. The molecule has 0 amide bonds. The Morgan fingerprint density at radius 2 is 1.90 bits per heavy atom. The Morgan fingerprint density at radius 3 is 2.50 bits per heavy atom. The highest BCUT2D eigenvalue weighted by molar-refractivity contribution is 5.42. The molecule has 0 heteroatoms. The van der Waals surface area contributed by atoms with Gasteiger partial charge in [0.15, 0.2) is 0 Å². The number of rotatable bonds is 4.